The molecule has 0 unspecified atom stereocenters. The molecule has 0 saturated carbocycles. The Morgan fingerprint density at radius 1 is 0.379 bits per heavy atom. The molecule has 0 amide bonds. The number of aliphatic hydroxyl groups excluding tert-OH is 2. The van der Waals surface area contributed by atoms with Crippen LogP contribution in [0.25, 0.3) is 112 Å². The van der Waals surface area contributed by atoms with Gasteiger partial charge in [-0.25, -0.2) is 9.97 Å². The number of aromatic nitrogens is 4. The Kier molecular flexibility index (Phi) is 10.0. The van der Waals surface area contributed by atoms with Gasteiger partial charge in [0, 0.05) is 44.3 Å². The standard InChI is InChI=1S/C60H50N4O2/c1-33-27-35(3)53(36(4)28-33)59-49-23-19-45(61-49)57(43-17-9-13-39-11-7-15-41(31-65)55(39)43)47-21-25-51(63-47)60(54-37(5)29-34(2)30-38(54)6)52-26-22-48(64-52)58(46-20-24-50(59)62-46)44-18-10-14-40-12-8-16-42(32-66)56(40)44/h7-30,61-62,65-66H,31-32H2,1-6H3. The predicted octanol–water partition coefficient (Wildman–Crippen LogP) is 14.5. The molecule has 0 fully saturated rings. The minimum absolute atomic E-state index is 0.0929. The van der Waals surface area contributed by atoms with Crippen molar-refractivity contribution < 1.29 is 10.2 Å². The molecule has 2 aliphatic heterocycles. The number of aliphatic hydroxyl groups is 2. The Balaban J connectivity index is 1.38. The highest BCUT2D eigenvalue weighted by Crippen LogP contribution is 2.44. The van der Waals surface area contributed by atoms with Crippen LogP contribution < -0.4 is 0 Å². The first-order valence-corrected chi connectivity index (χ1v) is 22.7. The van der Waals surface area contributed by atoms with Crippen LogP contribution in [-0.2, 0) is 13.2 Å². The average Bonchev–Trinajstić information content (AvgIpc) is 4.16. The Labute approximate surface area is 384 Å². The van der Waals surface area contributed by atoms with Crippen LogP contribution in [0.4, 0.5) is 0 Å². The number of hydrogen-bond donors (Lipinski definition) is 4. The van der Waals surface area contributed by atoms with E-state index in [0.717, 1.165) is 133 Å². The van der Waals surface area contributed by atoms with Gasteiger partial charge in [-0.15, -0.1) is 0 Å². The highest BCUT2D eigenvalue weighted by atomic mass is 16.3. The molecule has 66 heavy (non-hydrogen) atoms. The van der Waals surface area contributed by atoms with Gasteiger partial charge in [-0.05, 0) is 167 Å². The summed E-state index contributed by atoms with van der Waals surface area (Å²) >= 11 is 0. The van der Waals surface area contributed by atoms with Gasteiger partial charge in [0.1, 0.15) is 0 Å². The van der Waals surface area contributed by atoms with Gasteiger partial charge in [0.05, 0.1) is 36.0 Å². The maximum Gasteiger partial charge on any atom is 0.0738 e. The summed E-state index contributed by atoms with van der Waals surface area (Å²) < 4.78 is 0. The van der Waals surface area contributed by atoms with Crippen molar-refractivity contribution in [3.05, 3.63) is 189 Å². The molecule has 11 rings (SSSR count). The van der Waals surface area contributed by atoms with Crippen LogP contribution in [0.2, 0.25) is 0 Å². The molecule has 6 aromatic carbocycles. The lowest BCUT2D eigenvalue weighted by Crippen LogP contribution is -1.96. The van der Waals surface area contributed by atoms with Gasteiger partial charge in [-0.2, -0.15) is 0 Å². The summed E-state index contributed by atoms with van der Waals surface area (Å²) in [5.41, 5.74) is 23.8. The molecule has 0 atom stereocenters. The van der Waals surface area contributed by atoms with E-state index in [1.54, 1.807) is 0 Å². The van der Waals surface area contributed by atoms with Crippen LogP contribution in [0, 0.1) is 41.5 Å². The number of rotatable bonds is 6. The minimum atomic E-state index is -0.0929. The third kappa shape index (κ3) is 6.72. The zero-order valence-electron chi connectivity index (χ0n) is 38.1. The SMILES string of the molecule is Cc1cc(C)c(-c2c3nc(c(-c4cccc5cccc(CO)c45)c4ccc([nH]4)c(-c4c(C)cc(C)cc4C)c4ccc([nH]4)c(-c4cccc5cccc(CO)c45)c4nc2C=C4)C=C3)c(C)c1. The van der Waals surface area contributed by atoms with Crippen molar-refractivity contribution in [1.29, 1.82) is 0 Å². The van der Waals surface area contributed by atoms with Crippen LogP contribution in [0.5, 0.6) is 0 Å². The summed E-state index contributed by atoms with van der Waals surface area (Å²) in [6.45, 7) is 12.8. The predicted molar refractivity (Wildman–Crippen MR) is 276 cm³/mol. The van der Waals surface area contributed by atoms with E-state index in [9.17, 15) is 10.2 Å². The number of nitrogens with one attached hydrogen (secondary N) is 2. The van der Waals surface area contributed by atoms with Gasteiger partial charge in [0.15, 0.2) is 0 Å². The van der Waals surface area contributed by atoms with Gasteiger partial charge in [0.2, 0.25) is 0 Å². The monoisotopic (exact) mass is 858 g/mol. The maximum atomic E-state index is 10.8. The summed E-state index contributed by atoms with van der Waals surface area (Å²) in [6.07, 6.45) is 8.53. The Bertz CT molecular complexity index is 3510. The van der Waals surface area contributed by atoms with Crippen LogP contribution >= 0.6 is 0 Å². The summed E-state index contributed by atoms with van der Waals surface area (Å²) in [6, 6.07) is 42.7. The molecule has 6 heteroatoms. The van der Waals surface area contributed by atoms with E-state index in [0.29, 0.717) is 0 Å². The van der Waals surface area contributed by atoms with Crippen molar-refractivity contribution in [3.8, 4) is 44.5 Å². The van der Waals surface area contributed by atoms with Crippen LogP contribution in [0.15, 0.2) is 121 Å². The Morgan fingerprint density at radius 3 is 1.09 bits per heavy atom. The van der Waals surface area contributed by atoms with Crippen LogP contribution in [0.3, 0.4) is 0 Å². The molecule has 9 aromatic rings. The van der Waals surface area contributed by atoms with E-state index in [-0.39, 0.29) is 13.2 Å². The third-order valence-corrected chi connectivity index (χ3v) is 13.5. The molecule has 3 aromatic heterocycles. The highest BCUT2D eigenvalue weighted by molar-refractivity contribution is 6.08. The number of benzene rings is 6. The molecule has 0 saturated heterocycles. The normalized spacial score (nSPS) is 12.2. The molecule has 2 aliphatic rings. The van der Waals surface area contributed by atoms with Gasteiger partial charge < -0.3 is 20.2 Å². The molecule has 0 radical (unpaired) electrons. The van der Waals surface area contributed by atoms with Crippen molar-refractivity contribution in [1.82, 2.24) is 19.9 Å². The van der Waals surface area contributed by atoms with Crippen molar-refractivity contribution in [2.75, 3.05) is 0 Å². The number of fused-ring (bicyclic) bond motifs is 10. The second kappa shape index (κ2) is 16.1. The summed E-state index contributed by atoms with van der Waals surface area (Å²) in [7, 11) is 0. The van der Waals surface area contributed by atoms with E-state index in [2.05, 4.69) is 173 Å². The highest BCUT2D eigenvalue weighted by Gasteiger charge is 2.24. The van der Waals surface area contributed by atoms with E-state index in [4.69, 9.17) is 9.97 Å². The Hall–Kier alpha value is -7.64. The first kappa shape index (κ1) is 41.1. The minimum Gasteiger partial charge on any atom is -0.392 e. The van der Waals surface area contributed by atoms with Gasteiger partial charge in [-0.1, -0.05) is 108 Å². The third-order valence-electron chi connectivity index (χ3n) is 13.5. The van der Waals surface area contributed by atoms with E-state index >= 15 is 0 Å². The zero-order valence-corrected chi connectivity index (χ0v) is 38.1. The first-order chi connectivity index (χ1) is 32.1. The smallest absolute Gasteiger partial charge is 0.0738 e. The second-order valence-corrected chi connectivity index (χ2v) is 18.0. The number of hydrogen-bond acceptors (Lipinski definition) is 4. The average molecular weight is 859 g/mol. The van der Waals surface area contributed by atoms with E-state index in [1.165, 1.54) is 22.3 Å². The van der Waals surface area contributed by atoms with Crippen LogP contribution in [-0.4, -0.2) is 30.1 Å². The maximum absolute atomic E-state index is 10.8. The molecule has 322 valence electrons. The molecule has 6 nitrogen and oxygen atoms in total. The molecule has 0 aliphatic carbocycles. The lowest BCUT2D eigenvalue weighted by Gasteiger charge is -2.14. The molecule has 4 N–H and O–H groups in total. The lowest BCUT2D eigenvalue weighted by atomic mass is 9.92. The number of H-pyrrole nitrogens is 2. The van der Waals surface area contributed by atoms with Crippen molar-refractivity contribution in [3.63, 3.8) is 0 Å². The van der Waals surface area contributed by atoms with Crippen molar-refractivity contribution >= 4 is 67.9 Å². The van der Waals surface area contributed by atoms with Gasteiger partial charge in [-0.3, -0.25) is 0 Å². The summed E-state index contributed by atoms with van der Waals surface area (Å²) in [5.74, 6) is 0. The van der Waals surface area contributed by atoms with Crippen molar-refractivity contribution in [2.45, 2.75) is 54.8 Å². The van der Waals surface area contributed by atoms with E-state index < -0.39 is 0 Å². The van der Waals surface area contributed by atoms with Crippen molar-refractivity contribution in [2.24, 2.45) is 0 Å². The fourth-order valence-electron chi connectivity index (χ4n) is 11.0. The van der Waals surface area contributed by atoms with Gasteiger partial charge >= 0.3 is 0 Å². The quantitative estimate of drug-likeness (QED) is 0.134. The molecule has 0 spiro atoms. The zero-order chi connectivity index (χ0) is 45.4. The lowest BCUT2D eigenvalue weighted by molar-refractivity contribution is 0.283. The topological polar surface area (TPSA) is 97.8 Å². The Morgan fingerprint density at radius 2 is 0.712 bits per heavy atom. The number of nitrogens with zero attached hydrogens (tertiary/aromatic N) is 2. The fraction of sp³-hybridized carbons (Fsp3) is 0.133. The fourth-order valence-corrected chi connectivity index (χ4v) is 11.0. The molecule has 5 heterocycles. The van der Waals surface area contributed by atoms with E-state index in [1.807, 2.05) is 24.3 Å². The number of aromatic amines is 2. The summed E-state index contributed by atoms with van der Waals surface area (Å²) in [4.78, 5) is 19.1. The summed E-state index contributed by atoms with van der Waals surface area (Å²) in [5, 5.41) is 25.6. The van der Waals surface area contributed by atoms with Crippen LogP contribution in [0.1, 0.15) is 67.3 Å². The molecular weight excluding hydrogens is 809 g/mol. The van der Waals surface area contributed by atoms with Gasteiger partial charge in [0.25, 0.3) is 0 Å². The largest absolute Gasteiger partial charge is 0.392 e. The first-order valence-electron chi connectivity index (χ1n) is 22.7. The molecular formula is C60H50N4O2. The second-order valence-electron chi connectivity index (χ2n) is 18.0. The molecule has 8 bridgehead atoms. The number of aryl methyl sites for hydroxylation is 6.